The van der Waals surface area contributed by atoms with Crippen molar-refractivity contribution in [2.24, 2.45) is 0 Å². The first-order valence-electron chi connectivity index (χ1n) is 6.07. The molecule has 0 aliphatic rings. The fourth-order valence-electron chi connectivity index (χ4n) is 0.0667. The maximum absolute atomic E-state index is 7.32. The second-order valence-corrected chi connectivity index (χ2v) is 40.8. The van der Waals surface area contributed by atoms with Crippen molar-refractivity contribution >= 4 is 169 Å². The van der Waals surface area contributed by atoms with E-state index in [0.29, 0.717) is 0 Å². The molecule has 0 aliphatic heterocycles. The molecule has 33 heavy (non-hydrogen) atoms. The van der Waals surface area contributed by atoms with E-state index in [2.05, 4.69) is 98.2 Å². The van der Waals surface area contributed by atoms with Crippen LogP contribution < -0.4 is 0 Å². The van der Waals surface area contributed by atoms with Crippen molar-refractivity contribution in [3.8, 4) is 0 Å². The third-order valence-corrected chi connectivity index (χ3v) is 30.9. The van der Waals surface area contributed by atoms with Crippen LogP contribution in [0.5, 0.6) is 0 Å². The number of hydrogen-bond donors (Lipinski definition) is 0. The lowest BCUT2D eigenvalue weighted by Crippen LogP contribution is -1.04. The minimum atomic E-state index is -0.537. The van der Waals surface area contributed by atoms with Gasteiger partial charge in [0.25, 0.3) is 0 Å². The molecular weight excluding hydrogens is 776 g/mol. The van der Waals surface area contributed by atoms with E-state index < -0.39 is 31.6 Å². The van der Waals surface area contributed by atoms with Crippen molar-refractivity contribution in [2.75, 3.05) is 0 Å². The molecule has 234 valence electrons. The van der Waals surface area contributed by atoms with Crippen LogP contribution in [0.3, 0.4) is 0 Å². The predicted molar refractivity (Wildman–Crippen MR) is 268 cm³/mol. The van der Waals surface area contributed by atoms with Crippen LogP contribution in [0.1, 0.15) is 96.5 Å². The molecule has 0 rings (SSSR count). The van der Waals surface area contributed by atoms with Gasteiger partial charge in [0.15, 0.2) is 0 Å². The summed E-state index contributed by atoms with van der Waals surface area (Å²) in [6.45, 7) is -0.237. The Labute approximate surface area is 269 Å². The van der Waals surface area contributed by atoms with Gasteiger partial charge in [0, 0.05) is 0 Å². The molecule has 0 radical (unpaired) electrons. The molecule has 0 amide bonds. The van der Waals surface area contributed by atoms with Crippen LogP contribution in [0.25, 0.3) is 0 Å². The fourth-order valence-corrected chi connectivity index (χ4v) is 16.2. The molecule has 0 saturated heterocycles. The highest BCUT2D eigenvalue weighted by Crippen LogP contribution is 2.77. The van der Waals surface area contributed by atoms with Gasteiger partial charge in [0.05, 0.1) is 6.39 Å². The Bertz CT molecular complexity index is 219. The van der Waals surface area contributed by atoms with E-state index in [1.807, 2.05) is 0 Å². The van der Waals surface area contributed by atoms with Crippen molar-refractivity contribution in [1.29, 1.82) is 6.39 Å². The van der Waals surface area contributed by atoms with Crippen LogP contribution in [0, 0.1) is 0 Å². The first-order valence-corrected chi connectivity index (χ1v) is 34.0. The van der Waals surface area contributed by atoms with Gasteiger partial charge in [-0.3, -0.25) is 0 Å². The van der Waals surface area contributed by atoms with E-state index in [4.69, 9.17) is 6.39 Å². The van der Waals surface area contributed by atoms with Crippen molar-refractivity contribution in [3.63, 3.8) is 0 Å². The summed E-state index contributed by atoms with van der Waals surface area (Å²) in [7, 11) is 27.5. The van der Waals surface area contributed by atoms with E-state index in [-0.39, 0.29) is 119 Å². The van der Waals surface area contributed by atoms with Crippen LogP contribution in [-0.4, -0.2) is 6.39 Å². The first-order chi connectivity index (χ1) is 11.2. The summed E-state index contributed by atoms with van der Waals surface area (Å²) in [5.74, 6) is 0. The summed E-state index contributed by atoms with van der Waals surface area (Å²) in [6, 6.07) is 0. The highest BCUT2D eigenvalue weighted by molar-refractivity contribution is 8.83. The molecule has 0 spiro atoms. The Morgan fingerprint density at radius 2 is 0.667 bits per heavy atom. The normalized spacial score (nSPS) is 11.2. The van der Waals surface area contributed by atoms with Gasteiger partial charge in [0.1, 0.15) is 0 Å². The average molecular weight is 863 g/mol. The largest absolute Gasteiger partial charge is 0.118 e. The standard InChI is InChI=1S/13CH4.H8P6.H7P5.H6P4.H5P3.H4P2/c;;;;;;;;;;;;;1-4-5-6(2)3;1-4-5(2)3;1-3-4-2;1-3-2;1-2/h13*1H4;4-5H,1-3H2;4H,1-3H2;3-4H,1-2H2;3H,1-2H2;1-2H2/i;;;;;;;;;;;;;5D;4D;2*3D;1D. The quantitative estimate of drug-likeness (QED) is 0.247. The van der Waals surface area contributed by atoms with E-state index in [9.17, 15) is 0 Å². The number of hydrogen-bond acceptors (Lipinski definition) is 0. The zero-order valence-corrected chi connectivity index (χ0v) is 31.6. The zero-order valence-electron chi connectivity index (χ0n) is 15.5. The van der Waals surface area contributed by atoms with Crippen LogP contribution in [0.4, 0.5) is 0 Å². The topological polar surface area (TPSA) is 0 Å². The molecular formula is C13H82P20. The molecule has 0 saturated carbocycles. The third kappa shape index (κ3) is 284. The minimum absolute atomic E-state index is 0. The maximum Gasteiger partial charge on any atom is 0.0682 e. The van der Waals surface area contributed by atoms with E-state index >= 15 is 0 Å². The lowest BCUT2D eigenvalue weighted by Gasteiger charge is -1.97. The molecule has 0 heterocycles. The van der Waals surface area contributed by atoms with Gasteiger partial charge in [0.2, 0.25) is 0 Å². The molecule has 0 N–H and O–H groups in total. The average Bonchev–Trinajstić information content (AvgIpc) is 2.47. The van der Waals surface area contributed by atoms with Crippen LogP contribution >= 0.6 is 169 Å². The van der Waals surface area contributed by atoms with Gasteiger partial charge < -0.3 is 0 Å². The van der Waals surface area contributed by atoms with Crippen LogP contribution in [0.15, 0.2) is 0 Å². The SMILES string of the molecule is C.C.C.C.C.C.C.C.C.C.C.C.C.[2H]P(P)P.[2H]P(P)P(P)P.[2H]P(P)PP.[2H]P(PP)P(P)P.[2H]PP. The molecule has 0 bridgehead atoms. The van der Waals surface area contributed by atoms with Crippen molar-refractivity contribution in [1.82, 2.24) is 0 Å². The van der Waals surface area contributed by atoms with Crippen LogP contribution in [0.2, 0.25) is 0 Å². The summed E-state index contributed by atoms with van der Waals surface area (Å²) < 4.78 is 34.0. The summed E-state index contributed by atoms with van der Waals surface area (Å²) in [5, 5.41) is 0. The van der Waals surface area contributed by atoms with E-state index in [0.717, 1.165) is 15.9 Å². The van der Waals surface area contributed by atoms with Gasteiger partial charge in [-0.2, -0.15) is 0 Å². The van der Waals surface area contributed by atoms with Gasteiger partial charge in [-0.25, -0.2) is 0 Å². The van der Waals surface area contributed by atoms with Crippen LogP contribution in [-0.2, 0) is 0 Å². The van der Waals surface area contributed by atoms with E-state index in [1.54, 1.807) is 0 Å². The lowest BCUT2D eigenvalue weighted by atomic mass is 12.0. The van der Waals surface area contributed by atoms with Gasteiger partial charge in [-0.15, -0.1) is 107 Å². The third-order valence-electron chi connectivity index (χ3n) is 0.381. The fraction of sp³-hybridized carbons (Fsp3) is 1.00. The second kappa shape index (κ2) is 150. The molecule has 17 unspecified atom stereocenters. The van der Waals surface area contributed by atoms with Gasteiger partial charge >= 0.3 is 0 Å². The predicted octanol–water partition coefficient (Wildman–Crippen LogP) is 17.5. The van der Waals surface area contributed by atoms with Crippen molar-refractivity contribution in [3.05, 3.63) is 0 Å². The molecule has 0 aromatic carbocycles. The van der Waals surface area contributed by atoms with Crippen molar-refractivity contribution < 1.29 is 0 Å². The van der Waals surface area contributed by atoms with Gasteiger partial charge in [-0.1, -0.05) is 144 Å². The highest BCUT2D eigenvalue weighted by Gasteiger charge is 1.84. The number of rotatable bonds is 4. The Kier molecular flexibility index (Phi) is 381. The summed E-state index contributed by atoms with van der Waals surface area (Å²) in [6.07, 6.45) is 0. The lowest BCUT2D eigenvalue weighted by molar-refractivity contribution is 2.50. The smallest absolute Gasteiger partial charge is 0.0682 e. The zero-order chi connectivity index (χ0) is 21.6. The first kappa shape index (κ1) is 83.8. The highest BCUT2D eigenvalue weighted by atomic mass is 32.9. The van der Waals surface area contributed by atoms with Gasteiger partial charge in [-0.05, 0) is 14.0 Å². The summed E-state index contributed by atoms with van der Waals surface area (Å²) in [5.41, 5.74) is 0. The maximum atomic E-state index is 7.32. The molecule has 0 nitrogen and oxygen atoms in total. The molecule has 17 atom stereocenters. The van der Waals surface area contributed by atoms with E-state index in [1.165, 1.54) is 0 Å². The Morgan fingerprint density at radius 1 is 0.515 bits per heavy atom. The van der Waals surface area contributed by atoms with Crippen molar-refractivity contribution in [2.45, 2.75) is 96.5 Å². The molecule has 0 fully saturated rings. The second-order valence-electron chi connectivity index (χ2n) is 1.51. The minimum Gasteiger partial charge on any atom is -0.118 e. The summed E-state index contributed by atoms with van der Waals surface area (Å²) >= 11 is 0. The Balaban J connectivity index is -0.00000000770. The Morgan fingerprint density at radius 3 is 0.667 bits per heavy atom. The molecule has 20 heteroatoms. The molecule has 0 aromatic rings. The molecule has 0 aliphatic carbocycles. The monoisotopic (exact) mass is 863 g/mol. The summed E-state index contributed by atoms with van der Waals surface area (Å²) in [4.78, 5) is 0. The Hall–Kier alpha value is 8.60. The molecule has 0 aromatic heterocycles.